The minimum atomic E-state index is 0.260. The van der Waals surface area contributed by atoms with E-state index in [-0.39, 0.29) is 5.57 Å². The van der Waals surface area contributed by atoms with E-state index in [0.29, 0.717) is 31.7 Å². The molecule has 0 fully saturated rings. The number of unbranched alkanes of at least 4 members (excludes halogenated alkanes) is 1. The Morgan fingerprint density at radius 2 is 1.71 bits per heavy atom. The predicted molar refractivity (Wildman–Crippen MR) is 154 cm³/mol. The zero-order valence-corrected chi connectivity index (χ0v) is 23.2. The molecule has 0 atom stereocenters. The third kappa shape index (κ3) is 14.1. The normalized spacial score (nSPS) is 11.4. The second-order valence-electron chi connectivity index (χ2n) is 7.80. The van der Waals surface area contributed by atoms with E-state index >= 15 is 0 Å². The maximum Gasteiger partial charge on any atom is 0.155 e. The highest BCUT2D eigenvalue weighted by molar-refractivity contribution is 6.01. The molecule has 8 nitrogen and oxygen atoms in total. The Balaban J connectivity index is 0. The minimum absolute atomic E-state index is 0.260. The zero-order chi connectivity index (χ0) is 27.2. The molecule has 0 heterocycles. The third-order valence-corrected chi connectivity index (χ3v) is 4.55. The van der Waals surface area contributed by atoms with Crippen molar-refractivity contribution in [2.24, 2.45) is 16.6 Å². The van der Waals surface area contributed by atoms with Crippen LogP contribution in [-0.4, -0.2) is 57.3 Å². The highest BCUT2D eigenvalue weighted by Crippen LogP contribution is 2.21. The number of hydrogen-bond acceptors (Lipinski definition) is 8. The largest absolute Gasteiger partial charge is 0.373 e. The van der Waals surface area contributed by atoms with Crippen molar-refractivity contribution in [1.29, 1.82) is 5.41 Å². The van der Waals surface area contributed by atoms with Crippen molar-refractivity contribution in [3.05, 3.63) is 47.4 Å². The fourth-order valence-electron chi connectivity index (χ4n) is 2.62. The molecule has 0 aliphatic carbocycles. The van der Waals surface area contributed by atoms with Crippen molar-refractivity contribution < 1.29 is 4.79 Å². The van der Waals surface area contributed by atoms with Crippen LogP contribution in [0.4, 0.5) is 11.4 Å². The Hall–Kier alpha value is -2.97. The number of aldehydes is 1. The van der Waals surface area contributed by atoms with Crippen LogP contribution in [-0.2, 0) is 4.79 Å². The van der Waals surface area contributed by atoms with Gasteiger partial charge in [-0.3, -0.25) is 9.80 Å². The Labute approximate surface area is 213 Å². The minimum Gasteiger partial charge on any atom is -0.373 e. The molecular formula is C27H49N7O. The fraction of sp³-hybridized carbons (Fsp3) is 0.519. The molecule has 0 saturated heterocycles. The number of anilines is 2. The van der Waals surface area contributed by atoms with Gasteiger partial charge in [0.25, 0.3) is 0 Å². The molecule has 1 aromatic carbocycles. The summed E-state index contributed by atoms with van der Waals surface area (Å²) < 4.78 is 0. The van der Waals surface area contributed by atoms with Crippen molar-refractivity contribution >= 4 is 30.1 Å². The average Bonchev–Trinajstić information content (AvgIpc) is 2.88. The Kier molecular flexibility index (Phi) is 21.1. The van der Waals surface area contributed by atoms with E-state index in [1.54, 1.807) is 11.2 Å². The summed E-state index contributed by atoms with van der Waals surface area (Å²) in [6.07, 6.45) is 8.36. The van der Waals surface area contributed by atoms with Crippen LogP contribution in [0.5, 0.6) is 0 Å². The SMILES string of the molecule is CC.CCC.CCC/C=N/C(=C(\C=N)C=O)N(C)CCN(C)c1cccc(N(N)/C=C(\C)CN)c1. The number of benzene rings is 1. The number of carbonyl (C=O) groups is 1. The van der Waals surface area contributed by atoms with E-state index < -0.39 is 0 Å². The molecule has 198 valence electrons. The van der Waals surface area contributed by atoms with Crippen molar-refractivity contribution in [2.75, 3.05) is 43.6 Å². The number of nitrogens with two attached hydrogens (primary N) is 2. The summed E-state index contributed by atoms with van der Waals surface area (Å²) in [6, 6.07) is 7.91. The highest BCUT2D eigenvalue weighted by atomic mass is 16.1. The van der Waals surface area contributed by atoms with Crippen LogP contribution in [0, 0.1) is 5.41 Å². The predicted octanol–water partition coefficient (Wildman–Crippen LogP) is 4.97. The number of likely N-dealkylation sites (N-methyl/N-ethyl adjacent to an activating group) is 2. The van der Waals surface area contributed by atoms with Gasteiger partial charge in [-0.2, -0.15) is 0 Å². The highest BCUT2D eigenvalue weighted by Gasteiger charge is 2.11. The molecular weight excluding hydrogens is 438 g/mol. The van der Waals surface area contributed by atoms with Gasteiger partial charge in [0, 0.05) is 58.0 Å². The van der Waals surface area contributed by atoms with E-state index in [2.05, 4.69) is 30.7 Å². The fourth-order valence-corrected chi connectivity index (χ4v) is 2.62. The molecule has 0 aliphatic heterocycles. The lowest BCUT2D eigenvalue weighted by Crippen LogP contribution is -2.31. The average molecular weight is 488 g/mol. The summed E-state index contributed by atoms with van der Waals surface area (Å²) in [7, 11) is 3.87. The number of carbonyl (C=O) groups excluding carboxylic acids is 1. The van der Waals surface area contributed by atoms with Crippen LogP contribution < -0.4 is 21.5 Å². The van der Waals surface area contributed by atoms with Gasteiger partial charge in [0.05, 0.1) is 11.3 Å². The molecule has 8 heteroatoms. The molecule has 0 amide bonds. The van der Waals surface area contributed by atoms with Crippen LogP contribution in [0.3, 0.4) is 0 Å². The topological polar surface area (TPSA) is 115 Å². The number of aliphatic imine (C=N–C) groups is 1. The maximum atomic E-state index is 11.3. The molecule has 0 saturated carbocycles. The first-order chi connectivity index (χ1) is 16.8. The number of hydrazine groups is 1. The van der Waals surface area contributed by atoms with E-state index in [0.717, 1.165) is 36.0 Å². The third-order valence-electron chi connectivity index (χ3n) is 4.55. The Morgan fingerprint density at radius 3 is 2.23 bits per heavy atom. The Bertz CT molecular complexity index is 792. The van der Waals surface area contributed by atoms with Gasteiger partial charge in [-0.05, 0) is 37.1 Å². The van der Waals surface area contributed by atoms with Crippen LogP contribution in [0.25, 0.3) is 0 Å². The standard InChI is InChI=1S/C22H35N7O.C3H8.C2H6/c1-5-6-10-26-22(19(15-24)17-30)28(4)12-11-27(3)20-8-7-9-21(13-20)29(25)16-18(2)14-23;1-3-2;1-2/h7-10,13,15-17,24H,5-6,11-12,14,23,25H2,1-4H3;3H2,1-2H3;1-2H3/b18-16+,22-19-,24-15?,26-10+;;. The number of hydrogen-bond donors (Lipinski definition) is 3. The second-order valence-corrected chi connectivity index (χ2v) is 7.80. The molecule has 0 aromatic heterocycles. The lowest BCUT2D eigenvalue weighted by Gasteiger charge is -2.26. The molecule has 1 rings (SSSR count). The summed E-state index contributed by atoms with van der Waals surface area (Å²) in [5, 5.41) is 9.05. The summed E-state index contributed by atoms with van der Waals surface area (Å²) in [5.74, 6) is 6.63. The lowest BCUT2D eigenvalue weighted by atomic mass is 10.2. The van der Waals surface area contributed by atoms with Gasteiger partial charge in [0.2, 0.25) is 0 Å². The number of rotatable bonds is 13. The van der Waals surface area contributed by atoms with Crippen molar-refractivity contribution in [3.8, 4) is 0 Å². The molecule has 1 aromatic rings. The number of nitrogens with one attached hydrogen (secondary N) is 1. The molecule has 0 bridgehead atoms. The van der Waals surface area contributed by atoms with Gasteiger partial charge in [0.15, 0.2) is 6.29 Å². The summed E-state index contributed by atoms with van der Waals surface area (Å²) in [4.78, 5) is 19.7. The van der Waals surface area contributed by atoms with Gasteiger partial charge < -0.3 is 20.9 Å². The van der Waals surface area contributed by atoms with Gasteiger partial charge in [0.1, 0.15) is 5.82 Å². The molecule has 0 radical (unpaired) electrons. The van der Waals surface area contributed by atoms with Crippen LogP contribution >= 0.6 is 0 Å². The van der Waals surface area contributed by atoms with Gasteiger partial charge >= 0.3 is 0 Å². The smallest absolute Gasteiger partial charge is 0.155 e. The van der Waals surface area contributed by atoms with Crippen molar-refractivity contribution in [1.82, 2.24) is 4.90 Å². The second kappa shape index (κ2) is 21.6. The first-order valence-electron chi connectivity index (χ1n) is 12.4. The van der Waals surface area contributed by atoms with Gasteiger partial charge in [-0.1, -0.05) is 53.5 Å². The summed E-state index contributed by atoms with van der Waals surface area (Å²) >= 11 is 0. The molecule has 0 spiro atoms. The Morgan fingerprint density at radius 1 is 1.11 bits per heavy atom. The van der Waals surface area contributed by atoms with E-state index in [4.69, 9.17) is 17.0 Å². The first kappa shape index (κ1) is 34.2. The van der Waals surface area contributed by atoms with Crippen LogP contribution in [0.15, 0.2) is 52.4 Å². The number of nitrogens with zero attached hydrogens (tertiary/aromatic N) is 4. The van der Waals surface area contributed by atoms with Crippen LogP contribution in [0.2, 0.25) is 0 Å². The van der Waals surface area contributed by atoms with Crippen LogP contribution in [0.1, 0.15) is 60.8 Å². The molecule has 35 heavy (non-hydrogen) atoms. The zero-order valence-electron chi connectivity index (χ0n) is 23.2. The lowest BCUT2D eigenvalue weighted by molar-refractivity contribution is -0.104. The van der Waals surface area contributed by atoms with E-state index in [1.165, 1.54) is 6.42 Å². The van der Waals surface area contributed by atoms with Crippen molar-refractivity contribution in [2.45, 2.75) is 60.8 Å². The van der Waals surface area contributed by atoms with E-state index in [9.17, 15) is 4.79 Å². The molecule has 0 unspecified atom stereocenters. The number of allylic oxidation sites excluding steroid dienone is 1. The molecule has 0 aliphatic rings. The molecule has 5 N–H and O–H groups in total. The maximum absolute atomic E-state index is 11.3. The quantitative estimate of drug-likeness (QED) is 0.119. The van der Waals surface area contributed by atoms with Crippen molar-refractivity contribution in [3.63, 3.8) is 0 Å². The van der Waals surface area contributed by atoms with Gasteiger partial charge in [-0.15, -0.1) is 0 Å². The van der Waals surface area contributed by atoms with Gasteiger partial charge in [-0.25, -0.2) is 10.8 Å². The summed E-state index contributed by atoms with van der Waals surface area (Å²) in [5.41, 5.74) is 8.75. The summed E-state index contributed by atoms with van der Waals surface area (Å²) in [6.45, 7) is 14.0. The van der Waals surface area contributed by atoms with E-state index in [1.807, 2.05) is 70.2 Å². The monoisotopic (exact) mass is 487 g/mol. The first-order valence-corrected chi connectivity index (χ1v) is 12.4.